The number of rotatable bonds is 12. The van der Waals surface area contributed by atoms with Gasteiger partial charge in [0.1, 0.15) is 0 Å². The number of carbonyl (C=O) groups is 2. The van der Waals surface area contributed by atoms with E-state index in [9.17, 15) is 14.7 Å². The first-order valence-electron chi connectivity index (χ1n) is 11.2. The van der Waals surface area contributed by atoms with Crippen molar-refractivity contribution in [2.75, 3.05) is 6.54 Å². The average Bonchev–Trinajstić information content (AvgIpc) is 3.08. The topological polar surface area (TPSA) is 77.8 Å². The van der Waals surface area contributed by atoms with Gasteiger partial charge in [-0.15, -0.1) is 0 Å². The molecule has 2 aromatic carbocycles. The van der Waals surface area contributed by atoms with Crippen molar-refractivity contribution in [2.24, 2.45) is 0 Å². The third-order valence-corrected chi connectivity index (χ3v) is 6.11. The summed E-state index contributed by atoms with van der Waals surface area (Å²) in [4.78, 5) is 24.8. The number of hydrogen-bond donors (Lipinski definition) is 2. The molecule has 0 aromatic heterocycles. The molecule has 2 atom stereocenters. The van der Waals surface area contributed by atoms with Gasteiger partial charge < -0.3 is 15.1 Å². The summed E-state index contributed by atoms with van der Waals surface area (Å²) in [5.74, 6) is -0.526. The number of carboxylic acid groups (broad SMARTS) is 1. The molecule has 1 heterocycles. The van der Waals surface area contributed by atoms with E-state index in [1.54, 1.807) is 0 Å². The molecule has 30 heavy (non-hydrogen) atoms. The molecule has 2 N–H and O–H groups in total. The molecule has 0 saturated carbocycles. The number of carboxylic acids is 1. The van der Waals surface area contributed by atoms with Gasteiger partial charge in [-0.1, -0.05) is 55.3 Å². The maximum Gasteiger partial charge on any atom is 0.303 e. The Morgan fingerprint density at radius 2 is 1.83 bits per heavy atom. The number of amides is 1. The number of carbonyl (C=O) groups excluding carboxylic acids is 1. The molecule has 1 fully saturated rings. The predicted octanol–water partition coefficient (Wildman–Crippen LogP) is 4.55. The standard InChI is InChI=1S/C25H33NO4/c27-23(18-19-10-11-20-7-4-5-8-21(20)17-19)14-12-22-13-15-24(28)26(22)16-6-2-1-3-9-25(29)30/h4-5,7-8,10-11,17,22-23,27H,1-3,6,9,12-16,18H2,(H,29,30)/t22-,23?/m0/s1. The Kier molecular flexibility index (Phi) is 8.26. The molecule has 1 saturated heterocycles. The summed E-state index contributed by atoms with van der Waals surface area (Å²) in [6, 6.07) is 14.8. The number of unbranched alkanes of at least 4 members (excludes halogenated alkanes) is 3. The highest BCUT2D eigenvalue weighted by atomic mass is 16.4. The van der Waals surface area contributed by atoms with Crippen LogP contribution in [0.4, 0.5) is 0 Å². The zero-order valence-corrected chi connectivity index (χ0v) is 17.6. The van der Waals surface area contributed by atoms with Crippen LogP contribution in [0.2, 0.25) is 0 Å². The minimum absolute atomic E-state index is 0.217. The number of aliphatic hydroxyl groups excluding tert-OH is 1. The van der Waals surface area contributed by atoms with Gasteiger partial charge in [0.05, 0.1) is 6.10 Å². The minimum Gasteiger partial charge on any atom is -0.481 e. The summed E-state index contributed by atoms with van der Waals surface area (Å²) in [5.41, 5.74) is 1.14. The van der Waals surface area contributed by atoms with Crippen LogP contribution in [0.15, 0.2) is 42.5 Å². The Morgan fingerprint density at radius 3 is 2.63 bits per heavy atom. The van der Waals surface area contributed by atoms with Gasteiger partial charge >= 0.3 is 5.97 Å². The molecule has 162 valence electrons. The van der Waals surface area contributed by atoms with Crippen molar-refractivity contribution >= 4 is 22.6 Å². The maximum absolute atomic E-state index is 12.2. The fraction of sp³-hybridized carbons (Fsp3) is 0.520. The monoisotopic (exact) mass is 411 g/mol. The molecule has 0 bridgehead atoms. The second-order valence-electron chi connectivity index (χ2n) is 8.45. The maximum atomic E-state index is 12.2. The fourth-order valence-electron chi connectivity index (χ4n) is 4.44. The third kappa shape index (κ3) is 6.56. The molecule has 1 aliphatic heterocycles. The first-order valence-corrected chi connectivity index (χ1v) is 11.2. The van der Waals surface area contributed by atoms with Gasteiger partial charge in [-0.3, -0.25) is 9.59 Å². The van der Waals surface area contributed by atoms with Crippen LogP contribution >= 0.6 is 0 Å². The number of aliphatic hydroxyl groups is 1. The number of hydrogen-bond acceptors (Lipinski definition) is 3. The molecule has 3 rings (SSSR count). The SMILES string of the molecule is O=C(O)CCCCCCN1C(=O)CC[C@@H]1CCC(O)Cc1ccc2ccccc2c1. The summed E-state index contributed by atoms with van der Waals surface area (Å²) in [6.07, 6.45) is 6.92. The van der Waals surface area contributed by atoms with Crippen molar-refractivity contribution in [3.63, 3.8) is 0 Å². The molecular formula is C25H33NO4. The highest BCUT2D eigenvalue weighted by Gasteiger charge is 2.30. The summed E-state index contributed by atoms with van der Waals surface area (Å²) in [6.45, 7) is 0.747. The first-order chi connectivity index (χ1) is 14.5. The Hall–Kier alpha value is -2.40. The van der Waals surface area contributed by atoms with Crippen molar-refractivity contribution in [1.29, 1.82) is 0 Å². The smallest absolute Gasteiger partial charge is 0.303 e. The van der Waals surface area contributed by atoms with Crippen LogP contribution in [-0.4, -0.2) is 45.7 Å². The Morgan fingerprint density at radius 1 is 1.07 bits per heavy atom. The second kappa shape index (κ2) is 11.1. The molecule has 1 aliphatic rings. The third-order valence-electron chi connectivity index (χ3n) is 6.11. The van der Waals surface area contributed by atoms with Gasteiger partial charge in [0.25, 0.3) is 0 Å². The predicted molar refractivity (Wildman–Crippen MR) is 118 cm³/mol. The van der Waals surface area contributed by atoms with E-state index in [2.05, 4.69) is 30.3 Å². The van der Waals surface area contributed by atoms with Crippen LogP contribution in [0.25, 0.3) is 10.8 Å². The van der Waals surface area contributed by atoms with Crippen LogP contribution in [-0.2, 0) is 16.0 Å². The summed E-state index contributed by atoms with van der Waals surface area (Å²) in [7, 11) is 0. The van der Waals surface area contributed by atoms with Gasteiger partial charge in [0, 0.05) is 25.4 Å². The van der Waals surface area contributed by atoms with Gasteiger partial charge in [0.15, 0.2) is 0 Å². The van der Waals surface area contributed by atoms with E-state index in [4.69, 9.17) is 5.11 Å². The molecule has 2 aromatic rings. The summed E-state index contributed by atoms with van der Waals surface area (Å²) >= 11 is 0. The van der Waals surface area contributed by atoms with Crippen molar-refractivity contribution in [3.8, 4) is 0 Å². The first kappa shape index (κ1) is 22.3. The van der Waals surface area contributed by atoms with E-state index in [1.165, 1.54) is 10.8 Å². The van der Waals surface area contributed by atoms with Crippen LogP contribution < -0.4 is 0 Å². The number of fused-ring (bicyclic) bond motifs is 1. The van der Waals surface area contributed by atoms with E-state index in [-0.39, 0.29) is 18.4 Å². The largest absolute Gasteiger partial charge is 0.481 e. The molecule has 1 amide bonds. The van der Waals surface area contributed by atoms with Crippen molar-refractivity contribution in [2.45, 2.75) is 76.4 Å². The van der Waals surface area contributed by atoms with Gasteiger partial charge in [-0.25, -0.2) is 0 Å². The van der Waals surface area contributed by atoms with Crippen LogP contribution in [0.1, 0.15) is 63.4 Å². The molecule has 5 nitrogen and oxygen atoms in total. The van der Waals surface area contributed by atoms with Crippen LogP contribution in [0, 0.1) is 0 Å². The molecule has 0 radical (unpaired) electrons. The van der Waals surface area contributed by atoms with Gasteiger partial charge in [-0.05, 0) is 54.9 Å². The van der Waals surface area contributed by atoms with E-state index < -0.39 is 12.1 Å². The van der Waals surface area contributed by atoms with E-state index in [0.29, 0.717) is 25.7 Å². The average molecular weight is 412 g/mol. The fourth-order valence-corrected chi connectivity index (χ4v) is 4.44. The van der Waals surface area contributed by atoms with Crippen LogP contribution in [0.5, 0.6) is 0 Å². The zero-order valence-electron chi connectivity index (χ0n) is 17.6. The van der Waals surface area contributed by atoms with Crippen molar-refractivity contribution in [3.05, 3.63) is 48.0 Å². The molecule has 0 aliphatic carbocycles. The zero-order chi connectivity index (χ0) is 21.3. The Balaban J connectivity index is 1.41. The van der Waals surface area contributed by atoms with Crippen molar-refractivity contribution < 1.29 is 19.8 Å². The van der Waals surface area contributed by atoms with E-state index >= 15 is 0 Å². The minimum atomic E-state index is -0.743. The van der Waals surface area contributed by atoms with Crippen LogP contribution in [0.3, 0.4) is 0 Å². The Labute approximate surface area is 178 Å². The lowest BCUT2D eigenvalue weighted by Gasteiger charge is -2.26. The van der Waals surface area contributed by atoms with Crippen molar-refractivity contribution in [1.82, 2.24) is 4.90 Å². The van der Waals surface area contributed by atoms with Gasteiger partial charge in [0.2, 0.25) is 5.91 Å². The quantitative estimate of drug-likeness (QED) is 0.502. The van der Waals surface area contributed by atoms with E-state index in [1.807, 2.05) is 17.0 Å². The summed E-state index contributed by atoms with van der Waals surface area (Å²) < 4.78 is 0. The molecule has 5 heteroatoms. The lowest BCUT2D eigenvalue weighted by molar-refractivity contribution is -0.137. The molecular weight excluding hydrogens is 378 g/mol. The highest BCUT2D eigenvalue weighted by Crippen LogP contribution is 2.25. The number of aliphatic carboxylic acids is 1. The molecule has 1 unspecified atom stereocenters. The number of nitrogens with zero attached hydrogens (tertiary/aromatic N) is 1. The Bertz CT molecular complexity index is 850. The lowest BCUT2D eigenvalue weighted by Crippen LogP contribution is -2.34. The lowest BCUT2D eigenvalue weighted by atomic mass is 9.98. The number of likely N-dealkylation sites (tertiary alicyclic amines) is 1. The molecule has 0 spiro atoms. The van der Waals surface area contributed by atoms with E-state index in [0.717, 1.165) is 44.2 Å². The second-order valence-corrected chi connectivity index (χ2v) is 8.45. The highest BCUT2D eigenvalue weighted by molar-refractivity contribution is 5.83. The van der Waals surface area contributed by atoms with Gasteiger partial charge in [-0.2, -0.15) is 0 Å². The normalized spacial score (nSPS) is 17.6. The number of benzene rings is 2. The summed E-state index contributed by atoms with van der Waals surface area (Å²) in [5, 5.41) is 21.6.